The number of rotatable bonds is 5. The van der Waals surface area contributed by atoms with Crippen LogP contribution in [0.3, 0.4) is 0 Å². The molecular formula is C14H22N2O3. The van der Waals surface area contributed by atoms with Crippen molar-refractivity contribution in [1.29, 1.82) is 0 Å². The summed E-state index contributed by atoms with van der Waals surface area (Å²) in [6.07, 6.45) is 4.49. The van der Waals surface area contributed by atoms with Crippen LogP contribution in [0, 0.1) is 0 Å². The molecule has 5 heteroatoms. The van der Waals surface area contributed by atoms with Crippen molar-refractivity contribution >= 4 is 5.91 Å². The third-order valence-corrected chi connectivity index (χ3v) is 3.62. The van der Waals surface area contributed by atoms with Crippen molar-refractivity contribution in [3.63, 3.8) is 0 Å². The van der Waals surface area contributed by atoms with Gasteiger partial charge in [0.25, 0.3) is 0 Å². The van der Waals surface area contributed by atoms with E-state index in [1.165, 1.54) is 0 Å². The zero-order chi connectivity index (χ0) is 13.7. The third kappa shape index (κ3) is 3.81. The number of nitrogens with one attached hydrogen (secondary N) is 1. The number of aryl methyl sites for hydroxylation is 1. The van der Waals surface area contributed by atoms with Gasteiger partial charge in [0.05, 0.1) is 11.8 Å². The SMILES string of the molecule is CC(CCc1ccco1)NC(=O)C1(N)CCOCC1. The average Bonchev–Trinajstić information content (AvgIpc) is 2.90. The molecular weight excluding hydrogens is 244 g/mol. The van der Waals surface area contributed by atoms with Crippen LogP contribution in [0.2, 0.25) is 0 Å². The minimum Gasteiger partial charge on any atom is -0.469 e. The number of furan rings is 1. The molecule has 2 heterocycles. The first kappa shape index (κ1) is 14.1. The van der Waals surface area contributed by atoms with Crippen molar-refractivity contribution in [3.8, 4) is 0 Å². The summed E-state index contributed by atoms with van der Waals surface area (Å²) in [5.41, 5.74) is 5.36. The first-order valence-corrected chi connectivity index (χ1v) is 6.80. The van der Waals surface area contributed by atoms with Crippen LogP contribution in [0.1, 0.15) is 31.9 Å². The predicted molar refractivity (Wildman–Crippen MR) is 71.6 cm³/mol. The van der Waals surface area contributed by atoms with Gasteiger partial charge in [-0.2, -0.15) is 0 Å². The van der Waals surface area contributed by atoms with Crippen LogP contribution < -0.4 is 11.1 Å². The van der Waals surface area contributed by atoms with Gasteiger partial charge in [-0.3, -0.25) is 4.79 Å². The largest absolute Gasteiger partial charge is 0.469 e. The van der Waals surface area contributed by atoms with Crippen LogP contribution in [0.5, 0.6) is 0 Å². The van der Waals surface area contributed by atoms with E-state index in [4.69, 9.17) is 14.9 Å². The number of carbonyl (C=O) groups excluding carboxylic acids is 1. The zero-order valence-corrected chi connectivity index (χ0v) is 11.4. The summed E-state index contributed by atoms with van der Waals surface area (Å²) in [7, 11) is 0. The van der Waals surface area contributed by atoms with Crippen LogP contribution in [-0.4, -0.2) is 30.7 Å². The summed E-state index contributed by atoms with van der Waals surface area (Å²) in [5.74, 6) is 0.873. The van der Waals surface area contributed by atoms with Gasteiger partial charge in [-0.25, -0.2) is 0 Å². The minimum atomic E-state index is -0.767. The van der Waals surface area contributed by atoms with Gasteiger partial charge in [0.1, 0.15) is 5.76 Å². The summed E-state index contributed by atoms with van der Waals surface area (Å²) >= 11 is 0. The van der Waals surface area contributed by atoms with Crippen LogP contribution in [0.4, 0.5) is 0 Å². The lowest BCUT2D eigenvalue weighted by Gasteiger charge is -2.32. The molecule has 1 amide bonds. The van der Waals surface area contributed by atoms with Crippen molar-refractivity contribution in [2.75, 3.05) is 13.2 Å². The fourth-order valence-corrected chi connectivity index (χ4v) is 2.22. The van der Waals surface area contributed by atoms with Crippen LogP contribution in [-0.2, 0) is 16.0 Å². The van der Waals surface area contributed by atoms with E-state index in [1.54, 1.807) is 6.26 Å². The number of ether oxygens (including phenoxy) is 1. The quantitative estimate of drug-likeness (QED) is 0.840. The molecule has 19 heavy (non-hydrogen) atoms. The molecule has 1 fully saturated rings. The Bertz CT molecular complexity index is 397. The fourth-order valence-electron chi connectivity index (χ4n) is 2.22. The van der Waals surface area contributed by atoms with Crippen LogP contribution in [0.15, 0.2) is 22.8 Å². The van der Waals surface area contributed by atoms with E-state index >= 15 is 0 Å². The molecule has 1 aliphatic rings. The number of carbonyl (C=O) groups is 1. The lowest BCUT2D eigenvalue weighted by molar-refractivity contribution is -0.130. The van der Waals surface area contributed by atoms with Crippen molar-refractivity contribution in [2.24, 2.45) is 5.73 Å². The smallest absolute Gasteiger partial charge is 0.240 e. The maximum atomic E-state index is 12.2. The van der Waals surface area contributed by atoms with E-state index < -0.39 is 5.54 Å². The molecule has 1 aliphatic heterocycles. The van der Waals surface area contributed by atoms with Gasteiger partial charge in [-0.15, -0.1) is 0 Å². The molecule has 1 unspecified atom stereocenters. The Kier molecular flexibility index (Phi) is 4.61. The molecule has 0 radical (unpaired) electrons. The summed E-state index contributed by atoms with van der Waals surface area (Å²) in [5, 5.41) is 2.99. The summed E-state index contributed by atoms with van der Waals surface area (Å²) < 4.78 is 10.5. The van der Waals surface area contributed by atoms with Gasteiger partial charge in [0, 0.05) is 25.7 Å². The van der Waals surface area contributed by atoms with E-state index in [0.29, 0.717) is 26.1 Å². The topological polar surface area (TPSA) is 77.5 Å². The highest BCUT2D eigenvalue weighted by atomic mass is 16.5. The standard InChI is InChI=1S/C14H22N2O3/c1-11(4-5-12-3-2-8-19-12)16-13(17)14(15)6-9-18-10-7-14/h2-3,8,11H,4-7,9-10,15H2,1H3,(H,16,17). The van der Waals surface area contributed by atoms with Crippen molar-refractivity contribution < 1.29 is 13.9 Å². The van der Waals surface area contributed by atoms with Crippen LogP contribution >= 0.6 is 0 Å². The summed E-state index contributed by atoms with van der Waals surface area (Å²) in [4.78, 5) is 12.2. The second kappa shape index (κ2) is 6.21. The maximum absolute atomic E-state index is 12.2. The van der Waals surface area contributed by atoms with Crippen molar-refractivity contribution in [3.05, 3.63) is 24.2 Å². The first-order chi connectivity index (χ1) is 9.10. The lowest BCUT2D eigenvalue weighted by Crippen LogP contribution is -2.58. The highest BCUT2D eigenvalue weighted by Gasteiger charge is 2.36. The summed E-state index contributed by atoms with van der Waals surface area (Å²) in [6.45, 7) is 3.11. The molecule has 1 saturated heterocycles. The lowest BCUT2D eigenvalue weighted by atomic mass is 9.90. The molecule has 5 nitrogen and oxygen atoms in total. The fraction of sp³-hybridized carbons (Fsp3) is 0.643. The molecule has 1 atom stereocenters. The summed E-state index contributed by atoms with van der Waals surface area (Å²) in [6, 6.07) is 3.90. The first-order valence-electron chi connectivity index (χ1n) is 6.80. The van der Waals surface area contributed by atoms with Gasteiger partial charge in [0.2, 0.25) is 5.91 Å². The van der Waals surface area contributed by atoms with Gasteiger partial charge >= 0.3 is 0 Å². The molecule has 2 rings (SSSR count). The van der Waals surface area contributed by atoms with Gasteiger partial charge in [-0.1, -0.05) is 0 Å². The average molecular weight is 266 g/mol. The van der Waals surface area contributed by atoms with Crippen LogP contribution in [0.25, 0.3) is 0 Å². The monoisotopic (exact) mass is 266 g/mol. The Morgan fingerprint density at radius 1 is 1.53 bits per heavy atom. The molecule has 0 saturated carbocycles. The highest BCUT2D eigenvalue weighted by molar-refractivity contribution is 5.86. The van der Waals surface area contributed by atoms with E-state index in [2.05, 4.69) is 5.32 Å². The number of amides is 1. The molecule has 1 aromatic rings. The molecule has 0 bridgehead atoms. The Morgan fingerprint density at radius 3 is 2.89 bits per heavy atom. The Hall–Kier alpha value is -1.33. The number of nitrogens with two attached hydrogens (primary N) is 1. The Labute approximate surface area is 113 Å². The highest BCUT2D eigenvalue weighted by Crippen LogP contribution is 2.18. The molecule has 1 aromatic heterocycles. The number of hydrogen-bond acceptors (Lipinski definition) is 4. The van der Waals surface area contributed by atoms with Gasteiger partial charge in [0.15, 0.2) is 0 Å². The second-order valence-corrected chi connectivity index (χ2v) is 5.26. The molecule has 106 valence electrons. The van der Waals surface area contributed by atoms with Gasteiger partial charge < -0.3 is 20.2 Å². The molecule has 0 spiro atoms. The predicted octanol–water partition coefficient (Wildman–Crippen LogP) is 1.22. The van der Waals surface area contributed by atoms with E-state index in [-0.39, 0.29) is 11.9 Å². The third-order valence-electron chi connectivity index (χ3n) is 3.62. The van der Waals surface area contributed by atoms with E-state index in [1.807, 2.05) is 19.1 Å². The Balaban J connectivity index is 1.77. The molecule has 3 N–H and O–H groups in total. The minimum absolute atomic E-state index is 0.0669. The normalized spacial score (nSPS) is 19.9. The molecule has 0 aromatic carbocycles. The van der Waals surface area contributed by atoms with E-state index in [9.17, 15) is 4.79 Å². The van der Waals surface area contributed by atoms with E-state index in [0.717, 1.165) is 18.6 Å². The number of hydrogen-bond donors (Lipinski definition) is 2. The molecule has 0 aliphatic carbocycles. The second-order valence-electron chi connectivity index (χ2n) is 5.26. The zero-order valence-electron chi connectivity index (χ0n) is 11.4. The Morgan fingerprint density at radius 2 is 2.26 bits per heavy atom. The van der Waals surface area contributed by atoms with Crippen molar-refractivity contribution in [1.82, 2.24) is 5.32 Å². The van der Waals surface area contributed by atoms with Gasteiger partial charge in [-0.05, 0) is 38.3 Å². The maximum Gasteiger partial charge on any atom is 0.240 e. The van der Waals surface area contributed by atoms with Crippen molar-refractivity contribution in [2.45, 2.75) is 44.2 Å².